The molecular formula is C16H21N3O2S. The molecule has 1 aliphatic heterocycles. The highest BCUT2D eigenvalue weighted by Crippen LogP contribution is 2.30. The first kappa shape index (κ1) is 15.2. The van der Waals surface area contributed by atoms with Gasteiger partial charge < -0.3 is 15.1 Å². The maximum Gasteiger partial charge on any atom is 0.257 e. The van der Waals surface area contributed by atoms with Crippen LogP contribution in [-0.4, -0.2) is 28.9 Å². The number of nitrogens with two attached hydrogens (primary N) is 1. The van der Waals surface area contributed by atoms with E-state index in [4.69, 9.17) is 10.2 Å². The van der Waals surface area contributed by atoms with Crippen LogP contribution in [0.5, 0.6) is 0 Å². The second kappa shape index (κ2) is 6.62. The second-order valence-corrected chi connectivity index (χ2v) is 6.52. The molecule has 1 atom stereocenters. The molecule has 0 saturated carbocycles. The number of carbonyl (C=O) groups excluding carboxylic acids is 1. The molecule has 1 unspecified atom stereocenters. The summed E-state index contributed by atoms with van der Waals surface area (Å²) in [6.07, 6.45) is 4.58. The Kier molecular flexibility index (Phi) is 4.59. The van der Waals surface area contributed by atoms with Gasteiger partial charge in [-0.2, -0.15) is 0 Å². The van der Waals surface area contributed by atoms with Crippen LogP contribution in [0.3, 0.4) is 0 Å². The van der Waals surface area contributed by atoms with Crippen molar-refractivity contribution in [3.8, 4) is 0 Å². The zero-order valence-corrected chi connectivity index (χ0v) is 13.6. The highest BCUT2D eigenvalue weighted by Gasteiger charge is 2.27. The first-order chi connectivity index (χ1) is 10.7. The van der Waals surface area contributed by atoms with Crippen LogP contribution in [0.15, 0.2) is 22.1 Å². The predicted octanol–water partition coefficient (Wildman–Crippen LogP) is 2.78. The van der Waals surface area contributed by atoms with Crippen LogP contribution >= 0.6 is 11.3 Å². The number of piperidine rings is 1. The Hall–Kier alpha value is -1.66. The zero-order valence-electron chi connectivity index (χ0n) is 12.7. The average Bonchev–Trinajstić information content (AvgIpc) is 3.23. The minimum absolute atomic E-state index is 0.0282. The van der Waals surface area contributed by atoms with Gasteiger partial charge >= 0.3 is 0 Å². The Morgan fingerprint density at radius 1 is 1.59 bits per heavy atom. The average molecular weight is 319 g/mol. The molecule has 3 rings (SSSR count). The van der Waals surface area contributed by atoms with Gasteiger partial charge in [0.1, 0.15) is 12.0 Å². The van der Waals surface area contributed by atoms with Crippen LogP contribution < -0.4 is 5.73 Å². The summed E-state index contributed by atoms with van der Waals surface area (Å²) in [4.78, 5) is 19.2. The van der Waals surface area contributed by atoms with Crippen molar-refractivity contribution < 1.29 is 9.21 Å². The van der Waals surface area contributed by atoms with Gasteiger partial charge in [0.15, 0.2) is 0 Å². The van der Waals surface area contributed by atoms with Gasteiger partial charge in [0.2, 0.25) is 0 Å². The van der Waals surface area contributed by atoms with Gasteiger partial charge in [0.05, 0.1) is 22.8 Å². The van der Waals surface area contributed by atoms with Crippen LogP contribution in [0.1, 0.15) is 52.5 Å². The molecule has 0 radical (unpaired) electrons. The maximum atomic E-state index is 12.6. The molecule has 2 aromatic heterocycles. The topological polar surface area (TPSA) is 72.4 Å². The van der Waals surface area contributed by atoms with E-state index in [0.717, 1.165) is 43.1 Å². The van der Waals surface area contributed by atoms with Gasteiger partial charge in [0, 0.05) is 24.4 Å². The number of likely N-dealkylation sites (tertiary alicyclic amines) is 1. The Labute approximate surface area is 134 Å². The van der Waals surface area contributed by atoms with E-state index in [1.807, 2.05) is 4.90 Å². The molecule has 1 amide bonds. The summed E-state index contributed by atoms with van der Waals surface area (Å²) in [5.41, 5.74) is 7.27. The minimum Gasteiger partial charge on any atom is -0.467 e. The van der Waals surface area contributed by atoms with E-state index < -0.39 is 0 Å². The van der Waals surface area contributed by atoms with E-state index in [0.29, 0.717) is 23.8 Å². The van der Waals surface area contributed by atoms with E-state index in [9.17, 15) is 4.79 Å². The maximum absolute atomic E-state index is 12.6. The summed E-state index contributed by atoms with van der Waals surface area (Å²) in [5, 5.41) is 3.28. The lowest BCUT2D eigenvalue weighted by molar-refractivity contribution is 0.0706. The Balaban J connectivity index is 1.70. The third kappa shape index (κ3) is 3.08. The minimum atomic E-state index is 0.0282. The summed E-state index contributed by atoms with van der Waals surface area (Å²) in [6.45, 7) is 3.96. The number of rotatable bonds is 4. The van der Waals surface area contributed by atoms with E-state index in [1.54, 1.807) is 17.4 Å². The number of aromatic nitrogens is 1. The van der Waals surface area contributed by atoms with E-state index in [1.165, 1.54) is 6.26 Å². The second-order valence-electron chi connectivity index (χ2n) is 5.63. The van der Waals surface area contributed by atoms with Gasteiger partial charge in [-0.15, -0.1) is 11.3 Å². The number of nitrogens with zero attached hydrogens (tertiary/aromatic N) is 2. The first-order valence-electron chi connectivity index (χ1n) is 7.72. The van der Waals surface area contributed by atoms with Gasteiger partial charge in [-0.1, -0.05) is 6.92 Å². The number of hydrogen-bond acceptors (Lipinski definition) is 5. The highest BCUT2D eigenvalue weighted by molar-refractivity contribution is 7.09. The van der Waals surface area contributed by atoms with Crippen molar-refractivity contribution >= 4 is 17.2 Å². The number of thiazole rings is 1. The lowest BCUT2D eigenvalue weighted by atomic mass is 9.98. The number of carbonyl (C=O) groups is 1. The van der Waals surface area contributed by atoms with Gasteiger partial charge in [-0.05, 0) is 25.3 Å². The molecule has 3 heterocycles. The number of furan rings is 1. The third-order valence-corrected chi connectivity index (χ3v) is 5.15. The van der Waals surface area contributed by atoms with Crippen molar-refractivity contribution in [2.45, 2.75) is 38.6 Å². The SMILES string of the molecule is CCc1csc(C2CCCN(C(=O)c3coc(CN)c3)C2)n1. The Bertz CT molecular complexity index is 649. The molecular weight excluding hydrogens is 298 g/mol. The predicted molar refractivity (Wildman–Crippen MR) is 86.0 cm³/mol. The fourth-order valence-corrected chi connectivity index (χ4v) is 3.85. The number of aryl methyl sites for hydroxylation is 1. The molecule has 1 aliphatic rings. The molecule has 2 N–H and O–H groups in total. The summed E-state index contributed by atoms with van der Waals surface area (Å²) in [7, 11) is 0. The molecule has 0 aromatic carbocycles. The molecule has 6 heteroatoms. The monoisotopic (exact) mass is 319 g/mol. The van der Waals surface area contributed by atoms with Crippen molar-refractivity contribution in [2.24, 2.45) is 5.73 Å². The summed E-state index contributed by atoms with van der Waals surface area (Å²) in [6, 6.07) is 1.74. The van der Waals surface area contributed by atoms with Gasteiger partial charge in [-0.3, -0.25) is 4.79 Å². The Morgan fingerprint density at radius 2 is 2.45 bits per heavy atom. The highest BCUT2D eigenvalue weighted by atomic mass is 32.1. The zero-order chi connectivity index (χ0) is 15.5. The van der Waals surface area contributed by atoms with E-state index in [-0.39, 0.29) is 5.91 Å². The molecule has 22 heavy (non-hydrogen) atoms. The fourth-order valence-electron chi connectivity index (χ4n) is 2.82. The van der Waals surface area contributed by atoms with Crippen molar-refractivity contribution in [3.63, 3.8) is 0 Å². The summed E-state index contributed by atoms with van der Waals surface area (Å²) in [5.74, 6) is 1.02. The summed E-state index contributed by atoms with van der Waals surface area (Å²) < 4.78 is 5.27. The van der Waals surface area contributed by atoms with Gasteiger partial charge in [0.25, 0.3) is 5.91 Å². The standard InChI is InChI=1S/C16H21N3O2S/c1-2-13-10-22-15(18-13)11-4-3-5-19(8-11)16(20)12-6-14(7-17)21-9-12/h6,9-11H,2-5,7-8,17H2,1H3. The van der Waals surface area contributed by atoms with Crippen molar-refractivity contribution in [1.29, 1.82) is 0 Å². The molecule has 0 spiro atoms. The molecule has 118 valence electrons. The van der Waals surface area contributed by atoms with E-state index >= 15 is 0 Å². The molecule has 2 aromatic rings. The summed E-state index contributed by atoms with van der Waals surface area (Å²) >= 11 is 1.71. The molecule has 0 aliphatic carbocycles. The number of amides is 1. The largest absolute Gasteiger partial charge is 0.467 e. The van der Waals surface area contributed by atoms with Crippen LogP contribution in [0.2, 0.25) is 0 Å². The van der Waals surface area contributed by atoms with Crippen molar-refractivity contribution in [1.82, 2.24) is 9.88 Å². The lowest BCUT2D eigenvalue weighted by Gasteiger charge is -2.31. The van der Waals surface area contributed by atoms with Crippen LogP contribution in [0.4, 0.5) is 0 Å². The third-order valence-electron chi connectivity index (χ3n) is 4.09. The van der Waals surface area contributed by atoms with Crippen molar-refractivity contribution in [2.75, 3.05) is 13.1 Å². The van der Waals surface area contributed by atoms with Gasteiger partial charge in [-0.25, -0.2) is 4.98 Å². The normalized spacial score (nSPS) is 18.6. The van der Waals surface area contributed by atoms with Crippen LogP contribution in [0, 0.1) is 0 Å². The molecule has 1 fully saturated rings. The molecule has 0 bridgehead atoms. The molecule has 5 nitrogen and oxygen atoms in total. The van der Waals surface area contributed by atoms with Crippen LogP contribution in [0.25, 0.3) is 0 Å². The first-order valence-corrected chi connectivity index (χ1v) is 8.60. The molecule has 1 saturated heterocycles. The van der Waals surface area contributed by atoms with Crippen LogP contribution in [-0.2, 0) is 13.0 Å². The lowest BCUT2D eigenvalue weighted by Crippen LogP contribution is -2.39. The fraction of sp³-hybridized carbons (Fsp3) is 0.500. The quantitative estimate of drug-likeness (QED) is 0.940. The Morgan fingerprint density at radius 3 is 3.14 bits per heavy atom. The van der Waals surface area contributed by atoms with Crippen molar-refractivity contribution in [3.05, 3.63) is 39.7 Å². The number of hydrogen-bond donors (Lipinski definition) is 1. The smallest absolute Gasteiger partial charge is 0.257 e. The van der Waals surface area contributed by atoms with E-state index in [2.05, 4.69) is 17.3 Å².